The summed E-state index contributed by atoms with van der Waals surface area (Å²) in [6, 6.07) is 0. The molecule has 1 heterocycles. The van der Waals surface area contributed by atoms with Crippen molar-refractivity contribution in [3.8, 4) is 0 Å². The van der Waals surface area contributed by atoms with Crippen molar-refractivity contribution in [2.24, 2.45) is 0 Å². The first-order chi connectivity index (χ1) is 6.61. The van der Waals surface area contributed by atoms with E-state index in [1.54, 1.807) is 0 Å². The molecule has 0 bridgehead atoms. The number of rotatable bonds is 3. The Kier molecular flexibility index (Phi) is 3.95. The summed E-state index contributed by atoms with van der Waals surface area (Å²) >= 11 is 8.36. The summed E-state index contributed by atoms with van der Waals surface area (Å²) in [4.78, 5) is 14.1. The van der Waals surface area contributed by atoms with E-state index in [0.717, 1.165) is 0 Å². The molecule has 2 nitrogen and oxygen atoms in total. The van der Waals surface area contributed by atoms with Crippen LogP contribution in [0.2, 0.25) is 0 Å². The minimum absolute atomic E-state index is 0.0631. The van der Waals surface area contributed by atoms with Gasteiger partial charge in [0.1, 0.15) is 0 Å². The van der Waals surface area contributed by atoms with Crippen LogP contribution in [0.5, 0.6) is 0 Å². The Labute approximate surface area is 92.4 Å². The zero-order valence-corrected chi connectivity index (χ0v) is 9.15. The number of aromatic nitrogens is 1. The van der Waals surface area contributed by atoms with Crippen LogP contribution in [0.15, 0.2) is 10.7 Å². The van der Waals surface area contributed by atoms with Gasteiger partial charge < -0.3 is 0 Å². The van der Waals surface area contributed by atoms with Gasteiger partial charge in [0, 0.05) is 16.2 Å². The summed E-state index contributed by atoms with van der Waals surface area (Å²) in [5, 5.41) is 0. The SMILES string of the molecule is O=Cc1cnc(CCl)c(C(F)F)c1Br. The molecule has 1 aromatic rings. The maximum atomic E-state index is 12.5. The van der Waals surface area contributed by atoms with Crippen molar-refractivity contribution < 1.29 is 13.6 Å². The fourth-order valence-corrected chi connectivity index (χ4v) is 1.78. The Morgan fingerprint density at radius 3 is 2.71 bits per heavy atom. The molecule has 0 saturated heterocycles. The lowest BCUT2D eigenvalue weighted by molar-refractivity contribution is 0.112. The first kappa shape index (κ1) is 11.5. The van der Waals surface area contributed by atoms with E-state index < -0.39 is 6.43 Å². The number of pyridine rings is 1. The van der Waals surface area contributed by atoms with Crippen LogP contribution in [-0.4, -0.2) is 11.3 Å². The highest BCUT2D eigenvalue weighted by molar-refractivity contribution is 9.10. The maximum absolute atomic E-state index is 12.5. The molecule has 0 saturated carbocycles. The van der Waals surface area contributed by atoms with Crippen LogP contribution < -0.4 is 0 Å². The highest BCUT2D eigenvalue weighted by atomic mass is 79.9. The molecule has 6 heteroatoms. The van der Waals surface area contributed by atoms with Crippen molar-refractivity contribution in [2.45, 2.75) is 12.3 Å². The fourth-order valence-electron chi connectivity index (χ4n) is 0.966. The average molecular weight is 284 g/mol. The van der Waals surface area contributed by atoms with Gasteiger partial charge in [0.25, 0.3) is 6.43 Å². The topological polar surface area (TPSA) is 30.0 Å². The van der Waals surface area contributed by atoms with Gasteiger partial charge >= 0.3 is 0 Å². The molecule has 1 rings (SSSR count). The second-order valence-electron chi connectivity index (χ2n) is 2.44. The molecule has 0 spiro atoms. The normalized spacial score (nSPS) is 10.6. The van der Waals surface area contributed by atoms with Gasteiger partial charge in [-0.3, -0.25) is 9.78 Å². The lowest BCUT2D eigenvalue weighted by Gasteiger charge is -2.08. The highest BCUT2D eigenvalue weighted by Gasteiger charge is 2.19. The Balaban J connectivity index is 3.38. The molecule has 0 aromatic carbocycles. The Bertz CT molecular complexity index is 359. The van der Waals surface area contributed by atoms with Crippen molar-refractivity contribution in [2.75, 3.05) is 0 Å². The van der Waals surface area contributed by atoms with Gasteiger partial charge in [-0.15, -0.1) is 11.6 Å². The van der Waals surface area contributed by atoms with E-state index >= 15 is 0 Å². The molecule has 0 N–H and O–H groups in total. The fraction of sp³-hybridized carbons (Fsp3) is 0.250. The molecule has 0 amide bonds. The number of alkyl halides is 3. The summed E-state index contributed by atoms with van der Waals surface area (Å²) in [6.45, 7) is 0. The van der Waals surface area contributed by atoms with Gasteiger partial charge in [0.05, 0.1) is 17.1 Å². The number of halogens is 4. The van der Waals surface area contributed by atoms with Crippen LogP contribution in [-0.2, 0) is 5.88 Å². The van der Waals surface area contributed by atoms with Crippen LogP contribution in [0.3, 0.4) is 0 Å². The molecule has 0 atom stereocenters. The second-order valence-corrected chi connectivity index (χ2v) is 3.50. The zero-order valence-electron chi connectivity index (χ0n) is 6.81. The van der Waals surface area contributed by atoms with Gasteiger partial charge in [-0.1, -0.05) is 0 Å². The van der Waals surface area contributed by atoms with E-state index in [-0.39, 0.29) is 27.2 Å². The summed E-state index contributed by atoms with van der Waals surface area (Å²) in [5.41, 5.74) is -0.141. The summed E-state index contributed by atoms with van der Waals surface area (Å²) < 4.78 is 25.2. The molecule has 0 aliphatic heterocycles. The number of carbonyl (C=O) groups is 1. The van der Waals surface area contributed by atoms with Crippen LogP contribution in [0, 0.1) is 0 Å². The van der Waals surface area contributed by atoms with Gasteiger partial charge in [0.15, 0.2) is 6.29 Å². The third-order valence-electron chi connectivity index (χ3n) is 1.63. The van der Waals surface area contributed by atoms with Crippen molar-refractivity contribution in [1.29, 1.82) is 0 Å². The molecule has 0 radical (unpaired) electrons. The molecular weight excluding hydrogens is 279 g/mol. The van der Waals surface area contributed by atoms with Crippen LogP contribution in [0.4, 0.5) is 8.78 Å². The molecule has 0 aliphatic rings. The highest BCUT2D eigenvalue weighted by Crippen LogP contribution is 2.32. The van der Waals surface area contributed by atoms with Crippen molar-refractivity contribution in [1.82, 2.24) is 4.98 Å². The van der Waals surface area contributed by atoms with E-state index in [1.807, 2.05) is 0 Å². The summed E-state index contributed by atoms with van der Waals surface area (Å²) in [7, 11) is 0. The first-order valence-electron chi connectivity index (χ1n) is 3.58. The third kappa shape index (κ3) is 2.09. The van der Waals surface area contributed by atoms with Gasteiger partial charge in [-0.25, -0.2) is 8.78 Å². The van der Waals surface area contributed by atoms with E-state index in [9.17, 15) is 13.6 Å². The van der Waals surface area contributed by atoms with E-state index in [4.69, 9.17) is 11.6 Å². The number of nitrogens with zero attached hydrogens (tertiary/aromatic N) is 1. The van der Waals surface area contributed by atoms with Crippen molar-refractivity contribution in [3.63, 3.8) is 0 Å². The summed E-state index contributed by atoms with van der Waals surface area (Å²) in [6.07, 6.45) is -1.03. The number of carbonyl (C=O) groups excluding carboxylic acids is 1. The Hall–Kier alpha value is -0.550. The van der Waals surface area contributed by atoms with Crippen LogP contribution in [0.1, 0.15) is 28.0 Å². The third-order valence-corrected chi connectivity index (χ3v) is 2.77. The molecule has 0 aliphatic carbocycles. The first-order valence-corrected chi connectivity index (χ1v) is 4.91. The smallest absolute Gasteiger partial charge is 0.266 e. The predicted molar refractivity (Wildman–Crippen MR) is 51.8 cm³/mol. The van der Waals surface area contributed by atoms with Gasteiger partial charge in [-0.05, 0) is 15.9 Å². The zero-order chi connectivity index (χ0) is 10.7. The monoisotopic (exact) mass is 283 g/mol. The molecular formula is C8H5BrClF2NO. The number of hydrogen-bond acceptors (Lipinski definition) is 2. The second kappa shape index (κ2) is 4.79. The van der Waals surface area contributed by atoms with Crippen LogP contribution >= 0.6 is 27.5 Å². The number of aldehydes is 1. The molecule has 1 aromatic heterocycles. The van der Waals surface area contributed by atoms with E-state index in [0.29, 0.717) is 6.29 Å². The lowest BCUT2D eigenvalue weighted by atomic mass is 10.1. The molecule has 0 fully saturated rings. The van der Waals surface area contributed by atoms with Crippen molar-refractivity contribution in [3.05, 3.63) is 27.5 Å². The van der Waals surface area contributed by atoms with Crippen LogP contribution in [0.25, 0.3) is 0 Å². The quantitative estimate of drug-likeness (QED) is 0.629. The molecule has 0 unspecified atom stereocenters. The number of hydrogen-bond donors (Lipinski definition) is 0. The van der Waals surface area contributed by atoms with Crippen molar-refractivity contribution >= 4 is 33.8 Å². The minimum Gasteiger partial charge on any atom is -0.298 e. The maximum Gasteiger partial charge on any atom is 0.266 e. The van der Waals surface area contributed by atoms with Gasteiger partial charge in [0.2, 0.25) is 0 Å². The van der Waals surface area contributed by atoms with E-state index in [2.05, 4.69) is 20.9 Å². The lowest BCUT2D eigenvalue weighted by Crippen LogP contribution is -2.00. The van der Waals surface area contributed by atoms with Gasteiger partial charge in [-0.2, -0.15) is 0 Å². The Morgan fingerprint density at radius 1 is 1.64 bits per heavy atom. The molecule has 76 valence electrons. The predicted octanol–water partition coefficient (Wildman–Crippen LogP) is 3.33. The average Bonchev–Trinajstić information content (AvgIpc) is 2.16. The summed E-state index contributed by atoms with van der Waals surface area (Å²) in [5.74, 6) is -0.114. The van der Waals surface area contributed by atoms with E-state index in [1.165, 1.54) is 6.20 Å². The minimum atomic E-state index is -2.70. The largest absolute Gasteiger partial charge is 0.298 e. The standard InChI is InChI=1S/C8H5BrClF2NO/c9-7-4(3-14)2-13-5(1-10)6(7)8(11)12/h2-3,8H,1H2. The Morgan fingerprint density at radius 2 is 2.29 bits per heavy atom. The molecule has 14 heavy (non-hydrogen) atoms.